The number of nitrogens with one attached hydrogen (secondary N) is 1. The highest BCUT2D eigenvalue weighted by Crippen LogP contribution is 2.22. The lowest BCUT2D eigenvalue weighted by molar-refractivity contribution is -0.142. The molecule has 3 heterocycles. The van der Waals surface area contributed by atoms with E-state index in [0.717, 1.165) is 16.2 Å². The zero-order valence-corrected chi connectivity index (χ0v) is 12.5. The lowest BCUT2D eigenvalue weighted by Gasteiger charge is -2.22. The predicted octanol–water partition coefficient (Wildman–Crippen LogP) is 2.15. The minimum Gasteiger partial charge on any atom is -0.334 e. The van der Waals surface area contributed by atoms with Crippen LogP contribution >= 0.6 is 0 Å². The highest BCUT2D eigenvalue weighted by molar-refractivity contribution is 5.91. The molecule has 0 saturated carbocycles. The number of amides is 1. The Morgan fingerprint density at radius 3 is 3.00 bits per heavy atom. The number of aromatic nitrogens is 4. The quantitative estimate of drug-likeness (QED) is 0.939. The second kappa shape index (κ2) is 5.71. The van der Waals surface area contributed by atoms with Gasteiger partial charge in [0, 0.05) is 31.4 Å². The molecular weight excluding hydrogens is 311 g/mol. The minimum absolute atomic E-state index is 0.131. The number of aryl methyl sites for hydroxylation is 2. The molecular formula is C14H16F3N5O. The van der Waals surface area contributed by atoms with Crippen molar-refractivity contribution in [1.29, 1.82) is 0 Å². The molecule has 0 bridgehead atoms. The van der Waals surface area contributed by atoms with E-state index in [1.807, 2.05) is 17.7 Å². The van der Waals surface area contributed by atoms with Gasteiger partial charge < -0.3 is 9.88 Å². The number of nitrogens with zero attached hydrogens (tertiary/aromatic N) is 4. The molecule has 3 rings (SSSR count). The maximum Gasteiger partial charge on any atom is 0.408 e. The van der Waals surface area contributed by atoms with Crippen LogP contribution in [0.2, 0.25) is 0 Å². The maximum absolute atomic E-state index is 12.3. The summed E-state index contributed by atoms with van der Waals surface area (Å²) in [4.78, 5) is 16.6. The first-order valence-electron chi connectivity index (χ1n) is 7.24. The molecule has 1 aliphatic rings. The van der Waals surface area contributed by atoms with Crippen molar-refractivity contribution in [3.8, 4) is 0 Å². The summed E-state index contributed by atoms with van der Waals surface area (Å²) < 4.78 is 39.6. The second-order valence-corrected chi connectivity index (χ2v) is 5.69. The fraction of sp³-hybridized carbons (Fsp3) is 0.500. The van der Waals surface area contributed by atoms with Gasteiger partial charge in [0.25, 0.3) is 0 Å². The molecule has 0 aliphatic carbocycles. The second-order valence-electron chi connectivity index (χ2n) is 5.69. The van der Waals surface area contributed by atoms with E-state index in [4.69, 9.17) is 0 Å². The van der Waals surface area contributed by atoms with Crippen LogP contribution in [0.1, 0.15) is 17.9 Å². The first kappa shape index (κ1) is 15.6. The van der Waals surface area contributed by atoms with Crippen molar-refractivity contribution in [1.82, 2.24) is 19.3 Å². The first-order valence-corrected chi connectivity index (χ1v) is 7.24. The van der Waals surface area contributed by atoms with Crippen molar-refractivity contribution in [2.45, 2.75) is 39.0 Å². The molecule has 2 aromatic rings. The van der Waals surface area contributed by atoms with Crippen LogP contribution in [-0.2, 0) is 24.3 Å². The van der Waals surface area contributed by atoms with Crippen LogP contribution in [0.5, 0.6) is 0 Å². The van der Waals surface area contributed by atoms with Gasteiger partial charge in [0.05, 0.1) is 11.6 Å². The van der Waals surface area contributed by atoms with Crippen molar-refractivity contribution in [2.75, 3.05) is 5.32 Å². The Morgan fingerprint density at radius 2 is 2.26 bits per heavy atom. The van der Waals surface area contributed by atoms with E-state index in [0.29, 0.717) is 19.4 Å². The van der Waals surface area contributed by atoms with E-state index in [9.17, 15) is 18.0 Å². The first-order chi connectivity index (χ1) is 10.8. The van der Waals surface area contributed by atoms with Crippen molar-refractivity contribution in [3.63, 3.8) is 0 Å². The van der Waals surface area contributed by atoms with Crippen LogP contribution in [0.4, 0.5) is 19.0 Å². The number of alkyl halides is 3. The highest BCUT2D eigenvalue weighted by Gasteiger charge is 2.29. The molecule has 1 atom stereocenters. The van der Waals surface area contributed by atoms with Crippen LogP contribution < -0.4 is 5.32 Å². The Balaban J connectivity index is 1.62. The summed E-state index contributed by atoms with van der Waals surface area (Å²) in [6.45, 7) is 1.24. The van der Waals surface area contributed by atoms with Gasteiger partial charge in [-0.05, 0) is 13.3 Å². The topological polar surface area (TPSA) is 64.7 Å². The Bertz CT molecular complexity index is 718. The van der Waals surface area contributed by atoms with Gasteiger partial charge in [0.2, 0.25) is 5.91 Å². The molecule has 1 aliphatic heterocycles. The molecule has 1 unspecified atom stereocenters. The molecule has 0 fully saturated rings. The van der Waals surface area contributed by atoms with Gasteiger partial charge in [-0.25, -0.2) is 4.98 Å². The third-order valence-electron chi connectivity index (χ3n) is 3.72. The molecule has 1 N–H and O–H groups in total. The van der Waals surface area contributed by atoms with E-state index in [1.54, 1.807) is 0 Å². The number of fused-ring (bicyclic) bond motifs is 1. The molecule has 9 heteroatoms. The van der Waals surface area contributed by atoms with Crippen molar-refractivity contribution < 1.29 is 18.0 Å². The average molecular weight is 327 g/mol. The average Bonchev–Trinajstić information content (AvgIpc) is 3.01. The lowest BCUT2D eigenvalue weighted by Crippen LogP contribution is -2.31. The summed E-state index contributed by atoms with van der Waals surface area (Å²) in [6, 6.07) is 1.36. The largest absolute Gasteiger partial charge is 0.408 e. The normalized spacial score (nSPS) is 17.8. The third-order valence-corrected chi connectivity index (χ3v) is 3.72. The summed E-state index contributed by atoms with van der Waals surface area (Å²) in [5.41, 5.74) is 0.909. The molecule has 0 aromatic carbocycles. The zero-order valence-electron chi connectivity index (χ0n) is 12.5. The van der Waals surface area contributed by atoms with Crippen LogP contribution in [0.15, 0.2) is 18.5 Å². The monoisotopic (exact) mass is 327 g/mol. The fourth-order valence-corrected chi connectivity index (χ4v) is 2.73. The maximum atomic E-state index is 12.3. The zero-order chi connectivity index (χ0) is 16.6. The standard InChI is InChI=1S/C14H16F3N5O/c1-9-6-21-7-10(2-3-12(21)18-9)13(23)19-11-4-5-22(20-11)8-14(15,16)17/h4-6,10H,2-3,7-8H2,1H3,(H,19,20,23). The number of halogens is 3. The van der Waals surface area contributed by atoms with Crippen LogP contribution in [0, 0.1) is 12.8 Å². The Hall–Kier alpha value is -2.32. The summed E-state index contributed by atoms with van der Waals surface area (Å²) in [5.74, 6) is 0.607. The Morgan fingerprint density at radius 1 is 1.48 bits per heavy atom. The van der Waals surface area contributed by atoms with E-state index in [1.165, 1.54) is 12.3 Å². The Kier molecular flexibility index (Phi) is 3.87. The van der Waals surface area contributed by atoms with Gasteiger partial charge >= 0.3 is 6.18 Å². The number of carbonyl (C=O) groups is 1. The predicted molar refractivity (Wildman–Crippen MR) is 75.7 cm³/mol. The van der Waals surface area contributed by atoms with Gasteiger partial charge in [0.1, 0.15) is 12.4 Å². The van der Waals surface area contributed by atoms with Crippen molar-refractivity contribution in [2.24, 2.45) is 5.92 Å². The van der Waals surface area contributed by atoms with E-state index < -0.39 is 12.7 Å². The lowest BCUT2D eigenvalue weighted by atomic mass is 9.98. The van der Waals surface area contributed by atoms with Crippen LogP contribution in [0.3, 0.4) is 0 Å². The SMILES string of the molecule is Cc1cn2c(n1)CCC(C(=O)Nc1ccn(CC(F)(F)F)n1)C2. The van der Waals surface area contributed by atoms with E-state index in [2.05, 4.69) is 15.4 Å². The molecule has 0 radical (unpaired) electrons. The molecule has 2 aromatic heterocycles. The number of hydrogen-bond acceptors (Lipinski definition) is 3. The molecule has 6 nitrogen and oxygen atoms in total. The molecule has 0 spiro atoms. The van der Waals surface area contributed by atoms with Crippen LogP contribution in [-0.4, -0.2) is 31.4 Å². The number of carbonyl (C=O) groups excluding carboxylic acids is 1. The Labute approximate surface area is 130 Å². The van der Waals surface area contributed by atoms with Gasteiger partial charge in [-0.1, -0.05) is 0 Å². The van der Waals surface area contributed by atoms with Gasteiger partial charge in [-0.15, -0.1) is 0 Å². The number of hydrogen-bond donors (Lipinski definition) is 1. The minimum atomic E-state index is -4.34. The van der Waals surface area contributed by atoms with Crippen LogP contribution in [0.25, 0.3) is 0 Å². The molecule has 0 saturated heterocycles. The summed E-state index contributed by atoms with van der Waals surface area (Å²) in [6.07, 6.45) is 0.112. The third kappa shape index (κ3) is 3.72. The van der Waals surface area contributed by atoms with Gasteiger partial charge in [0.15, 0.2) is 5.82 Å². The smallest absolute Gasteiger partial charge is 0.334 e. The van der Waals surface area contributed by atoms with E-state index >= 15 is 0 Å². The molecule has 124 valence electrons. The van der Waals surface area contributed by atoms with Crippen molar-refractivity contribution >= 4 is 11.7 Å². The summed E-state index contributed by atoms with van der Waals surface area (Å²) in [5, 5.41) is 6.31. The van der Waals surface area contributed by atoms with Crippen molar-refractivity contribution in [3.05, 3.63) is 30.0 Å². The highest BCUT2D eigenvalue weighted by atomic mass is 19.4. The summed E-state index contributed by atoms with van der Waals surface area (Å²) in [7, 11) is 0. The van der Waals surface area contributed by atoms with Gasteiger partial charge in [-0.2, -0.15) is 18.3 Å². The molecule has 23 heavy (non-hydrogen) atoms. The number of rotatable bonds is 3. The number of imidazole rings is 1. The fourth-order valence-electron chi connectivity index (χ4n) is 2.73. The molecule has 1 amide bonds. The summed E-state index contributed by atoms with van der Waals surface area (Å²) >= 11 is 0. The number of anilines is 1. The van der Waals surface area contributed by atoms with Gasteiger partial charge in [-0.3, -0.25) is 9.48 Å². The van der Waals surface area contributed by atoms with E-state index in [-0.39, 0.29) is 17.6 Å².